The predicted molar refractivity (Wildman–Crippen MR) is 106 cm³/mol. The number of thiophene rings is 1. The van der Waals surface area contributed by atoms with Crippen molar-refractivity contribution in [2.75, 3.05) is 26.2 Å². The van der Waals surface area contributed by atoms with Gasteiger partial charge in [-0.05, 0) is 50.5 Å². The highest BCUT2D eigenvalue weighted by molar-refractivity contribution is 7.14. The van der Waals surface area contributed by atoms with E-state index in [2.05, 4.69) is 13.8 Å². The minimum absolute atomic E-state index is 0.0586. The molecule has 26 heavy (non-hydrogen) atoms. The van der Waals surface area contributed by atoms with E-state index in [0.29, 0.717) is 26.2 Å². The molecular weight excluding hydrogens is 344 g/mol. The Bertz CT molecular complexity index is 812. The molecule has 3 rings (SSSR count). The first-order valence-corrected chi connectivity index (χ1v) is 10.1. The Labute approximate surface area is 159 Å². The third kappa shape index (κ3) is 3.98. The maximum atomic E-state index is 12.9. The summed E-state index contributed by atoms with van der Waals surface area (Å²) in [5.74, 6) is 0.158. The van der Waals surface area contributed by atoms with Gasteiger partial charge < -0.3 is 9.80 Å². The second kappa shape index (κ2) is 8.04. The van der Waals surface area contributed by atoms with E-state index in [4.69, 9.17) is 0 Å². The molecule has 1 aliphatic heterocycles. The Hall–Kier alpha value is -2.14. The van der Waals surface area contributed by atoms with Crippen molar-refractivity contribution in [1.29, 1.82) is 0 Å². The molecule has 2 aromatic rings. The highest BCUT2D eigenvalue weighted by atomic mass is 32.1. The maximum absolute atomic E-state index is 12.9. The van der Waals surface area contributed by atoms with Gasteiger partial charge in [0.25, 0.3) is 11.8 Å². The van der Waals surface area contributed by atoms with Crippen molar-refractivity contribution < 1.29 is 9.59 Å². The lowest BCUT2D eigenvalue weighted by Crippen LogP contribution is -2.37. The van der Waals surface area contributed by atoms with Gasteiger partial charge >= 0.3 is 0 Å². The lowest BCUT2D eigenvalue weighted by Gasteiger charge is -2.22. The van der Waals surface area contributed by atoms with Gasteiger partial charge in [0.05, 0.1) is 4.88 Å². The lowest BCUT2D eigenvalue weighted by atomic mass is 10.1. The molecule has 5 heteroatoms. The minimum Gasteiger partial charge on any atom is -0.337 e. The monoisotopic (exact) mass is 370 g/mol. The van der Waals surface area contributed by atoms with E-state index in [1.165, 1.54) is 10.4 Å². The van der Waals surface area contributed by atoms with E-state index in [0.717, 1.165) is 28.8 Å². The molecule has 0 radical (unpaired) electrons. The zero-order chi connectivity index (χ0) is 18.7. The average Bonchev–Trinajstić information content (AvgIpc) is 2.86. The topological polar surface area (TPSA) is 40.6 Å². The van der Waals surface area contributed by atoms with Crippen LogP contribution in [0.3, 0.4) is 0 Å². The molecule has 2 heterocycles. The summed E-state index contributed by atoms with van der Waals surface area (Å²) in [4.78, 5) is 31.4. The third-order valence-corrected chi connectivity index (χ3v) is 6.03. The minimum atomic E-state index is 0.0586. The summed E-state index contributed by atoms with van der Waals surface area (Å²) < 4.78 is 0. The van der Waals surface area contributed by atoms with E-state index in [-0.39, 0.29) is 11.8 Å². The summed E-state index contributed by atoms with van der Waals surface area (Å²) in [6.45, 7) is 8.76. The lowest BCUT2D eigenvalue weighted by molar-refractivity contribution is 0.0721. The Balaban J connectivity index is 1.67. The number of hydrogen-bond donors (Lipinski definition) is 0. The number of aryl methyl sites for hydroxylation is 3. The number of rotatable bonds is 3. The van der Waals surface area contributed by atoms with E-state index >= 15 is 0 Å². The molecule has 1 aromatic carbocycles. The second-order valence-electron chi connectivity index (χ2n) is 6.85. The summed E-state index contributed by atoms with van der Waals surface area (Å²) in [5, 5.41) is 0. The van der Waals surface area contributed by atoms with Crippen molar-refractivity contribution in [1.82, 2.24) is 9.80 Å². The van der Waals surface area contributed by atoms with E-state index in [9.17, 15) is 9.59 Å². The van der Waals surface area contributed by atoms with Gasteiger partial charge in [-0.25, -0.2) is 0 Å². The summed E-state index contributed by atoms with van der Waals surface area (Å²) in [5.41, 5.74) is 3.07. The Morgan fingerprint density at radius 1 is 1.00 bits per heavy atom. The van der Waals surface area contributed by atoms with Crippen molar-refractivity contribution in [2.45, 2.75) is 33.6 Å². The number of hydrogen-bond acceptors (Lipinski definition) is 3. The summed E-state index contributed by atoms with van der Waals surface area (Å²) in [6.07, 6.45) is 1.77. The smallest absolute Gasteiger partial charge is 0.263 e. The van der Waals surface area contributed by atoms with Crippen LogP contribution in [0.2, 0.25) is 0 Å². The average molecular weight is 371 g/mol. The molecule has 0 spiro atoms. The van der Waals surface area contributed by atoms with Crippen molar-refractivity contribution in [2.24, 2.45) is 0 Å². The van der Waals surface area contributed by atoms with Crippen LogP contribution in [0.1, 0.15) is 49.4 Å². The molecule has 0 unspecified atom stereocenters. The van der Waals surface area contributed by atoms with Crippen LogP contribution >= 0.6 is 11.3 Å². The summed E-state index contributed by atoms with van der Waals surface area (Å²) in [7, 11) is 0. The van der Waals surface area contributed by atoms with Crippen molar-refractivity contribution >= 4 is 23.2 Å². The molecule has 0 bridgehead atoms. The van der Waals surface area contributed by atoms with Crippen LogP contribution in [0.25, 0.3) is 0 Å². The highest BCUT2D eigenvalue weighted by Crippen LogP contribution is 2.24. The van der Waals surface area contributed by atoms with Crippen molar-refractivity contribution in [3.05, 3.63) is 56.8 Å². The molecule has 1 aromatic heterocycles. The highest BCUT2D eigenvalue weighted by Gasteiger charge is 2.24. The number of nitrogens with zero attached hydrogens (tertiary/aromatic N) is 2. The SMILES string of the molecule is CCc1cc(C(=O)N2CCCN(C(=O)c3cccc(C)c3)CC2)sc1C. The maximum Gasteiger partial charge on any atom is 0.263 e. The number of amides is 2. The molecule has 1 aliphatic rings. The molecule has 1 saturated heterocycles. The van der Waals surface area contributed by atoms with E-state index < -0.39 is 0 Å². The molecule has 1 fully saturated rings. The normalized spacial score (nSPS) is 15.0. The number of carbonyl (C=O) groups is 2. The van der Waals surface area contributed by atoms with Crippen molar-refractivity contribution in [3.63, 3.8) is 0 Å². The van der Waals surface area contributed by atoms with E-state index in [1.54, 1.807) is 11.3 Å². The van der Waals surface area contributed by atoms with Crippen LogP contribution in [0.5, 0.6) is 0 Å². The van der Waals surface area contributed by atoms with Gasteiger partial charge in [-0.1, -0.05) is 24.6 Å². The van der Waals surface area contributed by atoms with Crippen LogP contribution in [-0.2, 0) is 6.42 Å². The van der Waals surface area contributed by atoms with Crippen LogP contribution in [0.15, 0.2) is 30.3 Å². The number of benzene rings is 1. The fourth-order valence-electron chi connectivity index (χ4n) is 3.42. The Kier molecular flexibility index (Phi) is 5.77. The third-order valence-electron chi connectivity index (χ3n) is 4.95. The molecule has 0 saturated carbocycles. The Morgan fingerprint density at radius 2 is 1.69 bits per heavy atom. The molecule has 0 atom stereocenters. The molecule has 4 nitrogen and oxygen atoms in total. The van der Waals surface area contributed by atoms with Crippen molar-refractivity contribution in [3.8, 4) is 0 Å². The first-order chi connectivity index (χ1) is 12.5. The van der Waals surface area contributed by atoms with Gasteiger partial charge in [-0.15, -0.1) is 11.3 Å². The van der Waals surface area contributed by atoms with Gasteiger partial charge in [0, 0.05) is 36.6 Å². The zero-order valence-corrected chi connectivity index (χ0v) is 16.6. The molecular formula is C21H26N2O2S. The summed E-state index contributed by atoms with van der Waals surface area (Å²) in [6, 6.07) is 9.73. The van der Waals surface area contributed by atoms with Crippen LogP contribution in [-0.4, -0.2) is 47.8 Å². The van der Waals surface area contributed by atoms with Gasteiger partial charge in [0.2, 0.25) is 0 Å². The fraction of sp³-hybridized carbons (Fsp3) is 0.429. The first kappa shape index (κ1) is 18.6. The molecule has 0 N–H and O–H groups in total. The quantitative estimate of drug-likeness (QED) is 0.822. The van der Waals surface area contributed by atoms with Gasteiger partial charge in [-0.3, -0.25) is 9.59 Å². The van der Waals surface area contributed by atoms with Gasteiger partial charge in [-0.2, -0.15) is 0 Å². The standard InChI is InChI=1S/C21H26N2O2S/c1-4-17-14-19(26-16(17)3)21(25)23-10-6-9-22(11-12-23)20(24)18-8-5-7-15(2)13-18/h5,7-8,13-14H,4,6,9-12H2,1-3H3. The van der Waals surface area contributed by atoms with Crippen LogP contribution < -0.4 is 0 Å². The molecule has 2 amide bonds. The van der Waals surface area contributed by atoms with Crippen LogP contribution in [0, 0.1) is 13.8 Å². The molecule has 0 aliphatic carbocycles. The summed E-state index contributed by atoms with van der Waals surface area (Å²) >= 11 is 1.58. The molecule has 138 valence electrons. The second-order valence-corrected chi connectivity index (χ2v) is 8.11. The first-order valence-electron chi connectivity index (χ1n) is 9.24. The number of carbonyl (C=O) groups excluding carboxylic acids is 2. The van der Waals surface area contributed by atoms with Gasteiger partial charge in [0.1, 0.15) is 0 Å². The predicted octanol–water partition coefficient (Wildman–Crippen LogP) is 3.92. The van der Waals surface area contributed by atoms with Crippen LogP contribution in [0.4, 0.5) is 0 Å². The Morgan fingerprint density at radius 3 is 2.31 bits per heavy atom. The zero-order valence-electron chi connectivity index (χ0n) is 15.7. The largest absolute Gasteiger partial charge is 0.337 e. The fourth-order valence-corrected chi connectivity index (χ4v) is 4.50. The van der Waals surface area contributed by atoms with E-state index in [1.807, 2.05) is 47.1 Å². The van der Waals surface area contributed by atoms with Gasteiger partial charge in [0.15, 0.2) is 0 Å².